The molecule has 3 heterocycles. The van der Waals surface area contributed by atoms with E-state index in [1.807, 2.05) is 25.6 Å². The zero-order valence-corrected chi connectivity index (χ0v) is 10.7. The van der Waals surface area contributed by atoms with Gasteiger partial charge in [0.2, 0.25) is 0 Å². The van der Waals surface area contributed by atoms with Crippen LogP contribution < -0.4 is 5.32 Å². The predicted molar refractivity (Wildman–Crippen MR) is 70.3 cm³/mol. The molecule has 3 rings (SSSR count). The Balaban J connectivity index is 1.76. The van der Waals surface area contributed by atoms with Gasteiger partial charge in [0.05, 0.1) is 18.1 Å². The molecule has 1 N–H and O–H groups in total. The molecule has 1 atom stereocenters. The first-order chi connectivity index (χ1) is 8.86. The number of fused-ring (bicyclic) bond motifs is 1. The lowest BCUT2D eigenvalue weighted by Crippen LogP contribution is -2.44. The van der Waals surface area contributed by atoms with E-state index in [9.17, 15) is 0 Å². The third-order valence-electron chi connectivity index (χ3n) is 3.69. The van der Waals surface area contributed by atoms with Gasteiger partial charge in [-0.1, -0.05) is 0 Å². The van der Waals surface area contributed by atoms with Gasteiger partial charge in [0.15, 0.2) is 5.65 Å². The average Bonchev–Trinajstić information content (AvgIpc) is 2.83. The predicted octanol–water partition coefficient (Wildman–Crippen LogP) is 0.913. The summed E-state index contributed by atoms with van der Waals surface area (Å²) in [6.07, 6.45) is 10.1. The van der Waals surface area contributed by atoms with E-state index in [-0.39, 0.29) is 0 Å². The molecule has 5 nitrogen and oxygen atoms in total. The van der Waals surface area contributed by atoms with Crippen LogP contribution in [0.3, 0.4) is 0 Å². The SMILES string of the molecule is CNC1CCCN(Cc2cnc3cnccn23)C1. The van der Waals surface area contributed by atoms with E-state index >= 15 is 0 Å². The summed E-state index contributed by atoms with van der Waals surface area (Å²) >= 11 is 0. The van der Waals surface area contributed by atoms with Crippen LogP contribution in [0, 0.1) is 0 Å². The second kappa shape index (κ2) is 5.04. The number of rotatable bonds is 3. The summed E-state index contributed by atoms with van der Waals surface area (Å²) in [5, 5.41) is 3.38. The van der Waals surface area contributed by atoms with Crippen molar-refractivity contribution in [2.75, 3.05) is 20.1 Å². The van der Waals surface area contributed by atoms with Crippen molar-refractivity contribution in [3.63, 3.8) is 0 Å². The summed E-state index contributed by atoms with van der Waals surface area (Å²) in [4.78, 5) is 11.0. The van der Waals surface area contributed by atoms with Gasteiger partial charge in [-0.3, -0.25) is 14.3 Å². The molecular weight excluding hydrogens is 226 g/mol. The van der Waals surface area contributed by atoms with E-state index < -0.39 is 0 Å². The van der Waals surface area contributed by atoms with Crippen LogP contribution in [0.15, 0.2) is 24.8 Å². The highest BCUT2D eigenvalue weighted by Crippen LogP contribution is 2.14. The second-order valence-electron chi connectivity index (χ2n) is 4.92. The number of hydrogen-bond donors (Lipinski definition) is 1. The first-order valence-electron chi connectivity index (χ1n) is 6.52. The van der Waals surface area contributed by atoms with Crippen molar-refractivity contribution in [3.05, 3.63) is 30.5 Å². The van der Waals surface area contributed by atoms with Crippen LogP contribution >= 0.6 is 0 Å². The van der Waals surface area contributed by atoms with Gasteiger partial charge < -0.3 is 5.32 Å². The van der Waals surface area contributed by atoms with Crippen LogP contribution in [-0.4, -0.2) is 45.4 Å². The summed E-state index contributed by atoms with van der Waals surface area (Å²) in [7, 11) is 2.05. The minimum absolute atomic E-state index is 0.625. The molecule has 18 heavy (non-hydrogen) atoms. The van der Waals surface area contributed by atoms with Gasteiger partial charge in [-0.05, 0) is 26.4 Å². The second-order valence-corrected chi connectivity index (χ2v) is 4.92. The first kappa shape index (κ1) is 11.6. The summed E-state index contributed by atoms with van der Waals surface area (Å²) < 4.78 is 2.12. The molecule has 0 bridgehead atoms. The Morgan fingerprint density at radius 1 is 1.44 bits per heavy atom. The number of piperidine rings is 1. The van der Waals surface area contributed by atoms with Crippen molar-refractivity contribution in [2.24, 2.45) is 0 Å². The van der Waals surface area contributed by atoms with E-state index in [1.54, 1.807) is 6.20 Å². The summed E-state index contributed by atoms with van der Waals surface area (Å²) in [6, 6.07) is 0.625. The van der Waals surface area contributed by atoms with Gasteiger partial charge in [-0.25, -0.2) is 4.98 Å². The number of nitrogens with one attached hydrogen (secondary N) is 1. The van der Waals surface area contributed by atoms with E-state index in [4.69, 9.17) is 0 Å². The van der Waals surface area contributed by atoms with E-state index in [0.717, 1.165) is 18.7 Å². The highest BCUT2D eigenvalue weighted by Gasteiger charge is 2.19. The molecule has 5 heteroatoms. The van der Waals surface area contributed by atoms with Crippen molar-refractivity contribution < 1.29 is 0 Å². The fourth-order valence-electron chi connectivity index (χ4n) is 2.68. The minimum atomic E-state index is 0.625. The Morgan fingerprint density at radius 2 is 2.39 bits per heavy atom. The van der Waals surface area contributed by atoms with Gasteiger partial charge >= 0.3 is 0 Å². The topological polar surface area (TPSA) is 45.5 Å². The molecule has 0 aliphatic carbocycles. The van der Waals surface area contributed by atoms with Crippen LogP contribution in [-0.2, 0) is 6.54 Å². The minimum Gasteiger partial charge on any atom is -0.316 e. The number of nitrogens with zero attached hydrogens (tertiary/aromatic N) is 4. The van der Waals surface area contributed by atoms with Gasteiger partial charge in [0, 0.05) is 31.5 Å². The first-order valence-corrected chi connectivity index (χ1v) is 6.52. The molecule has 1 saturated heterocycles. The maximum Gasteiger partial charge on any atom is 0.155 e. The normalized spacial score (nSPS) is 21.5. The van der Waals surface area contributed by atoms with Crippen molar-refractivity contribution in [1.82, 2.24) is 24.6 Å². The molecule has 0 aromatic carbocycles. The highest BCUT2D eigenvalue weighted by molar-refractivity contribution is 5.36. The smallest absolute Gasteiger partial charge is 0.155 e. The Kier molecular flexibility index (Phi) is 3.25. The number of imidazole rings is 1. The van der Waals surface area contributed by atoms with Crippen LogP contribution in [0.25, 0.3) is 5.65 Å². The molecule has 2 aromatic rings. The van der Waals surface area contributed by atoms with Crippen LogP contribution in [0.2, 0.25) is 0 Å². The third kappa shape index (κ3) is 2.23. The summed E-state index contributed by atoms with van der Waals surface area (Å²) in [5.41, 5.74) is 2.17. The molecule has 1 aliphatic rings. The number of likely N-dealkylation sites (N-methyl/N-ethyl adjacent to an activating group) is 1. The Bertz CT molecular complexity index is 521. The molecule has 96 valence electrons. The monoisotopic (exact) mass is 245 g/mol. The van der Waals surface area contributed by atoms with Gasteiger partial charge in [-0.15, -0.1) is 0 Å². The number of hydrogen-bond acceptors (Lipinski definition) is 4. The van der Waals surface area contributed by atoms with Crippen LogP contribution in [0.5, 0.6) is 0 Å². The standard InChI is InChI=1S/C13H19N5/c1-14-11-3-2-5-17(9-11)10-12-7-16-13-8-15-4-6-18(12)13/h4,6-8,11,14H,2-3,5,9-10H2,1H3. The maximum atomic E-state index is 4.38. The molecule has 2 aromatic heterocycles. The molecular formula is C13H19N5. The van der Waals surface area contributed by atoms with Gasteiger partial charge in [-0.2, -0.15) is 0 Å². The fourth-order valence-corrected chi connectivity index (χ4v) is 2.68. The third-order valence-corrected chi connectivity index (χ3v) is 3.69. The van der Waals surface area contributed by atoms with E-state index in [2.05, 4.69) is 24.6 Å². The molecule has 0 amide bonds. The molecule has 0 spiro atoms. The zero-order valence-electron chi connectivity index (χ0n) is 10.7. The quantitative estimate of drug-likeness (QED) is 0.873. The molecule has 1 fully saturated rings. The average molecular weight is 245 g/mol. The molecule has 0 radical (unpaired) electrons. The lowest BCUT2D eigenvalue weighted by Gasteiger charge is -2.32. The van der Waals surface area contributed by atoms with Crippen molar-refractivity contribution in [3.8, 4) is 0 Å². The lowest BCUT2D eigenvalue weighted by molar-refractivity contribution is 0.185. The summed E-state index contributed by atoms with van der Waals surface area (Å²) in [6.45, 7) is 3.26. The Labute approximate surface area is 107 Å². The van der Waals surface area contributed by atoms with Crippen molar-refractivity contribution >= 4 is 5.65 Å². The zero-order chi connectivity index (χ0) is 12.4. The number of aromatic nitrogens is 3. The van der Waals surface area contributed by atoms with Crippen LogP contribution in [0.4, 0.5) is 0 Å². The van der Waals surface area contributed by atoms with Crippen LogP contribution in [0.1, 0.15) is 18.5 Å². The molecule has 1 unspecified atom stereocenters. The molecule has 0 saturated carbocycles. The van der Waals surface area contributed by atoms with E-state index in [0.29, 0.717) is 6.04 Å². The van der Waals surface area contributed by atoms with E-state index in [1.165, 1.54) is 25.1 Å². The fraction of sp³-hybridized carbons (Fsp3) is 0.538. The maximum absolute atomic E-state index is 4.38. The number of likely N-dealkylation sites (tertiary alicyclic amines) is 1. The van der Waals surface area contributed by atoms with Gasteiger partial charge in [0.25, 0.3) is 0 Å². The highest BCUT2D eigenvalue weighted by atomic mass is 15.2. The van der Waals surface area contributed by atoms with Gasteiger partial charge in [0.1, 0.15) is 0 Å². The van der Waals surface area contributed by atoms with Crippen molar-refractivity contribution in [1.29, 1.82) is 0 Å². The Morgan fingerprint density at radius 3 is 3.28 bits per heavy atom. The Hall–Kier alpha value is -1.46. The molecule has 1 aliphatic heterocycles. The van der Waals surface area contributed by atoms with Crippen molar-refractivity contribution in [2.45, 2.75) is 25.4 Å². The lowest BCUT2D eigenvalue weighted by atomic mass is 10.1. The largest absolute Gasteiger partial charge is 0.316 e. The summed E-state index contributed by atoms with van der Waals surface area (Å²) in [5.74, 6) is 0.